The van der Waals surface area contributed by atoms with Gasteiger partial charge in [-0.05, 0) is 135 Å². The number of carboxylic acid groups (broad SMARTS) is 1. The van der Waals surface area contributed by atoms with Crippen LogP contribution in [0.3, 0.4) is 0 Å². The number of hydrogen-bond donors (Lipinski definition) is 2. The molecule has 57 heavy (non-hydrogen) atoms. The number of ether oxygens (including phenoxy) is 2. The Hall–Kier alpha value is -2.26. The summed E-state index contributed by atoms with van der Waals surface area (Å²) in [7, 11) is 1.73. The number of Topliss-reactive ketones (excluding diaryl/α,β-unsaturated/α-hetero) is 1. The molecular weight excluding hydrogens is 738 g/mol. The third kappa shape index (κ3) is 7.58. The summed E-state index contributed by atoms with van der Waals surface area (Å²) < 4.78 is 11.6. The van der Waals surface area contributed by atoms with Crippen LogP contribution in [0.2, 0.25) is 5.02 Å². The molecule has 0 unspecified atom stereocenters. The number of esters is 1. The first-order valence-corrected chi connectivity index (χ1v) is 22.3. The predicted molar refractivity (Wildman–Crippen MR) is 225 cm³/mol. The van der Waals surface area contributed by atoms with Gasteiger partial charge in [-0.3, -0.25) is 19.3 Å². The van der Waals surface area contributed by atoms with Crippen LogP contribution >= 0.6 is 11.6 Å². The molecule has 4 saturated carbocycles. The van der Waals surface area contributed by atoms with Crippen molar-refractivity contribution in [2.45, 2.75) is 152 Å². The highest BCUT2D eigenvalue weighted by atomic mass is 35.5. The molecule has 4 fully saturated rings. The number of carboxylic acids is 1. The zero-order chi connectivity index (χ0) is 41.9. The Bertz CT molecular complexity index is 1720. The van der Waals surface area contributed by atoms with E-state index in [1.165, 1.54) is 5.57 Å². The number of aliphatic hydroxyl groups excluding tert-OH is 1. The van der Waals surface area contributed by atoms with E-state index in [2.05, 4.69) is 65.5 Å². The lowest BCUT2D eigenvalue weighted by atomic mass is 9.33. The smallest absolute Gasteiger partial charge is 0.309 e. The zero-order valence-electron chi connectivity index (χ0n) is 36.6. The number of rotatable bonds is 14. The van der Waals surface area contributed by atoms with Crippen LogP contribution in [0.15, 0.2) is 35.4 Å². The molecule has 5 aliphatic carbocycles. The lowest BCUT2D eigenvalue weighted by molar-refractivity contribution is -0.235. The average Bonchev–Trinajstić information content (AvgIpc) is 3.44. The number of carbonyl (C=O) groups is 3. The van der Waals surface area contributed by atoms with Crippen molar-refractivity contribution in [2.75, 3.05) is 26.8 Å². The van der Waals surface area contributed by atoms with Gasteiger partial charge in [0.2, 0.25) is 0 Å². The van der Waals surface area contributed by atoms with Crippen molar-refractivity contribution in [3.8, 4) is 0 Å². The number of fused-ring (bicyclic) bond motifs is 7. The van der Waals surface area contributed by atoms with Gasteiger partial charge in [0.15, 0.2) is 5.78 Å². The van der Waals surface area contributed by atoms with Crippen LogP contribution in [0.1, 0.15) is 139 Å². The molecule has 0 radical (unpaired) electrons. The van der Waals surface area contributed by atoms with E-state index < -0.39 is 28.9 Å². The van der Waals surface area contributed by atoms with E-state index in [0.717, 1.165) is 75.5 Å². The van der Waals surface area contributed by atoms with Crippen LogP contribution in [0, 0.1) is 56.2 Å². The molecule has 318 valence electrons. The fraction of sp³-hybridized carbons (Fsp3) is 0.771. The Morgan fingerprint density at radius 1 is 0.947 bits per heavy atom. The maximum absolute atomic E-state index is 14.3. The van der Waals surface area contributed by atoms with Gasteiger partial charge in [-0.25, -0.2) is 0 Å². The summed E-state index contributed by atoms with van der Waals surface area (Å²) in [6.45, 7) is 22.3. The summed E-state index contributed by atoms with van der Waals surface area (Å²) in [6, 6.07) is 7.96. The molecule has 6 rings (SSSR count). The van der Waals surface area contributed by atoms with Crippen LogP contribution in [-0.4, -0.2) is 71.8 Å². The SMILES string of the molecule is COCCCN(Cc1ccc(Cl)cc1)C[C@H](O)[C@@]12CC[C@]3(C)[C@H](CC[C@@H]4[C@@]5(C)CC[C@H](OC(=O)CC(C)(C)C(=O)O)C(C)(C)[C@@H]5CC[C@]43C)C1=C(C(C)C)C(=O)C2. The molecule has 2 N–H and O–H groups in total. The van der Waals surface area contributed by atoms with Crippen molar-refractivity contribution in [1.29, 1.82) is 0 Å². The van der Waals surface area contributed by atoms with E-state index in [1.807, 2.05) is 12.1 Å². The highest BCUT2D eigenvalue weighted by Gasteiger charge is 2.71. The molecule has 9 heteroatoms. The summed E-state index contributed by atoms with van der Waals surface area (Å²) in [4.78, 5) is 41.6. The van der Waals surface area contributed by atoms with Crippen LogP contribution < -0.4 is 0 Å². The van der Waals surface area contributed by atoms with Gasteiger partial charge in [0.1, 0.15) is 6.10 Å². The van der Waals surface area contributed by atoms with E-state index in [-0.39, 0.29) is 51.8 Å². The van der Waals surface area contributed by atoms with Crippen molar-refractivity contribution >= 4 is 29.3 Å². The van der Waals surface area contributed by atoms with E-state index in [4.69, 9.17) is 21.1 Å². The van der Waals surface area contributed by atoms with Gasteiger partial charge < -0.3 is 19.7 Å². The number of aliphatic carboxylic acids is 1. The standard InChI is InChI=1S/C48H72ClNO7/c1-30(2)40-34(51)26-48(37(52)29-50(24-11-25-56-10)28-31-12-14-32(49)15-13-31)23-22-46(8)33(41(40)48)16-17-36-45(7)20-19-38(57-39(53)27-43(3,4)42(54)55)44(5,6)35(45)18-21-47(36,46)9/h12-15,30,33,35-38,52H,11,16-29H2,1-10H3,(H,54,55)/t33-,35+,36-,37+,38+,45+,46-,47-,48+/m1/s1. The van der Waals surface area contributed by atoms with Gasteiger partial charge in [0.05, 0.1) is 17.9 Å². The number of halogens is 1. The molecule has 0 spiro atoms. The zero-order valence-corrected chi connectivity index (χ0v) is 37.4. The normalized spacial score (nSPS) is 35.4. The molecule has 8 nitrogen and oxygen atoms in total. The Balaban J connectivity index is 1.28. The topological polar surface area (TPSA) is 113 Å². The maximum atomic E-state index is 14.3. The third-order valence-corrected chi connectivity index (χ3v) is 17.3. The van der Waals surface area contributed by atoms with Crippen LogP contribution in [0.5, 0.6) is 0 Å². The highest BCUT2D eigenvalue weighted by Crippen LogP contribution is 2.77. The van der Waals surface area contributed by atoms with Crippen molar-refractivity contribution in [2.24, 2.45) is 56.2 Å². The Kier molecular flexibility index (Phi) is 12.4. The predicted octanol–water partition coefficient (Wildman–Crippen LogP) is 9.93. The Labute approximate surface area is 347 Å². The van der Waals surface area contributed by atoms with Gasteiger partial charge in [0, 0.05) is 55.6 Å². The first-order valence-electron chi connectivity index (χ1n) is 21.9. The number of hydrogen-bond acceptors (Lipinski definition) is 7. The van der Waals surface area contributed by atoms with E-state index in [9.17, 15) is 24.6 Å². The van der Waals surface area contributed by atoms with Crippen molar-refractivity contribution in [3.63, 3.8) is 0 Å². The second-order valence-electron chi connectivity index (χ2n) is 21.3. The highest BCUT2D eigenvalue weighted by molar-refractivity contribution is 6.30. The van der Waals surface area contributed by atoms with Gasteiger partial charge in [-0.1, -0.05) is 77.8 Å². The summed E-state index contributed by atoms with van der Waals surface area (Å²) in [5, 5.41) is 23.0. The molecule has 9 atom stereocenters. The molecular formula is C48H72ClNO7. The molecule has 1 aromatic rings. The number of allylic oxidation sites excluding steroid dienone is 1. The quantitative estimate of drug-likeness (QED) is 0.141. The van der Waals surface area contributed by atoms with Crippen molar-refractivity contribution < 1.29 is 34.1 Å². The molecule has 0 aromatic heterocycles. The summed E-state index contributed by atoms with van der Waals surface area (Å²) in [5.74, 6) is -0.0329. The molecule has 5 aliphatic rings. The molecule has 0 heterocycles. The fourth-order valence-corrected chi connectivity index (χ4v) is 14.0. The van der Waals surface area contributed by atoms with E-state index >= 15 is 0 Å². The largest absolute Gasteiger partial charge is 0.481 e. The minimum Gasteiger partial charge on any atom is -0.481 e. The maximum Gasteiger partial charge on any atom is 0.309 e. The van der Waals surface area contributed by atoms with Crippen LogP contribution in [0.4, 0.5) is 0 Å². The summed E-state index contributed by atoms with van der Waals surface area (Å²) >= 11 is 6.23. The number of nitrogens with zero attached hydrogens (tertiary/aromatic N) is 1. The number of aliphatic hydroxyl groups is 1. The second kappa shape index (κ2) is 16.0. The third-order valence-electron chi connectivity index (χ3n) is 17.1. The molecule has 0 amide bonds. The van der Waals surface area contributed by atoms with Crippen molar-refractivity contribution in [3.05, 3.63) is 46.0 Å². The molecule has 0 saturated heterocycles. The van der Waals surface area contributed by atoms with Gasteiger partial charge >= 0.3 is 11.9 Å². The fourth-order valence-electron chi connectivity index (χ4n) is 13.8. The van der Waals surface area contributed by atoms with Gasteiger partial charge in [-0.2, -0.15) is 0 Å². The lowest BCUT2D eigenvalue weighted by Gasteiger charge is -2.72. The van der Waals surface area contributed by atoms with Crippen molar-refractivity contribution in [1.82, 2.24) is 4.90 Å². The van der Waals surface area contributed by atoms with E-state index in [1.54, 1.807) is 21.0 Å². The minimum atomic E-state index is -1.17. The van der Waals surface area contributed by atoms with Gasteiger partial charge in [0.25, 0.3) is 0 Å². The first kappa shape index (κ1) is 44.3. The Morgan fingerprint density at radius 2 is 1.63 bits per heavy atom. The average molecular weight is 811 g/mol. The number of benzene rings is 1. The monoisotopic (exact) mass is 809 g/mol. The summed E-state index contributed by atoms with van der Waals surface area (Å²) in [5.41, 5.74) is 1.48. The Morgan fingerprint density at radius 3 is 2.26 bits per heavy atom. The van der Waals surface area contributed by atoms with Crippen LogP contribution in [-0.2, 0) is 30.4 Å². The molecule has 0 bridgehead atoms. The minimum absolute atomic E-state index is 0.0326. The lowest BCUT2D eigenvalue weighted by Crippen LogP contribution is -2.66. The summed E-state index contributed by atoms with van der Waals surface area (Å²) in [6.07, 6.45) is 7.91. The van der Waals surface area contributed by atoms with Gasteiger partial charge in [-0.15, -0.1) is 0 Å². The second-order valence-corrected chi connectivity index (χ2v) is 21.7. The molecule has 0 aliphatic heterocycles. The number of carbonyl (C=O) groups excluding carboxylic acids is 2. The van der Waals surface area contributed by atoms with E-state index in [0.29, 0.717) is 43.0 Å². The first-order chi connectivity index (χ1) is 26.6. The molecule has 1 aromatic carbocycles. The van der Waals surface area contributed by atoms with Crippen LogP contribution in [0.25, 0.3) is 0 Å². The number of ketones is 1. The number of methoxy groups -OCH3 is 1.